The lowest BCUT2D eigenvalue weighted by atomic mass is 10.1. The van der Waals surface area contributed by atoms with Gasteiger partial charge in [0.05, 0.1) is 12.1 Å². The molecule has 0 amide bonds. The summed E-state index contributed by atoms with van der Waals surface area (Å²) in [6, 6.07) is 19.8. The lowest BCUT2D eigenvalue weighted by Crippen LogP contribution is -2.38. The molecule has 1 atom stereocenters. The second-order valence-corrected chi connectivity index (χ2v) is 8.85. The summed E-state index contributed by atoms with van der Waals surface area (Å²) in [4.78, 5) is 18.8. The first-order valence-electron chi connectivity index (χ1n) is 10.9. The molecule has 0 bridgehead atoms. The maximum absolute atomic E-state index is 13.6. The van der Waals surface area contributed by atoms with Crippen LogP contribution in [0.15, 0.2) is 82.7 Å². The Morgan fingerprint density at radius 1 is 1.09 bits per heavy atom. The molecule has 0 spiro atoms. The molecule has 5 rings (SSSR count). The zero-order valence-electron chi connectivity index (χ0n) is 18.4. The van der Waals surface area contributed by atoms with Gasteiger partial charge in [0.15, 0.2) is 17.6 Å². The summed E-state index contributed by atoms with van der Waals surface area (Å²) in [5, 5.41) is 4.41. The van der Waals surface area contributed by atoms with Crippen molar-refractivity contribution in [2.24, 2.45) is 0 Å². The van der Waals surface area contributed by atoms with Crippen LogP contribution in [0.1, 0.15) is 11.1 Å². The van der Waals surface area contributed by atoms with Gasteiger partial charge in [-0.25, -0.2) is 0 Å². The summed E-state index contributed by atoms with van der Waals surface area (Å²) < 4.78 is 13.9. The highest BCUT2D eigenvalue weighted by atomic mass is 32.2. The molecular formula is C26H25N3O3S. The number of hydrogen-bond acceptors (Lipinski definition) is 6. The van der Waals surface area contributed by atoms with Crippen LogP contribution in [0.5, 0.6) is 11.5 Å². The monoisotopic (exact) mass is 459 g/mol. The Labute approximate surface area is 196 Å². The van der Waals surface area contributed by atoms with E-state index in [0.717, 1.165) is 32.7 Å². The third-order valence-corrected chi connectivity index (χ3v) is 6.42. The predicted molar refractivity (Wildman–Crippen MR) is 131 cm³/mol. The molecule has 0 aliphatic carbocycles. The minimum Gasteiger partial charge on any atom is -0.486 e. The number of aromatic nitrogens is 2. The van der Waals surface area contributed by atoms with E-state index >= 15 is 0 Å². The Hall–Kier alpha value is -3.29. The molecule has 3 heterocycles. The van der Waals surface area contributed by atoms with Gasteiger partial charge in [0, 0.05) is 35.9 Å². The van der Waals surface area contributed by atoms with E-state index in [9.17, 15) is 4.79 Å². The maximum atomic E-state index is 13.6. The molecule has 0 saturated heterocycles. The number of nitrogens with one attached hydrogen (secondary N) is 1. The van der Waals surface area contributed by atoms with Crippen LogP contribution >= 0.6 is 11.8 Å². The minimum atomic E-state index is -0.252. The Kier molecular flexibility index (Phi) is 6.32. The predicted octanol–water partition coefficient (Wildman–Crippen LogP) is 4.25. The van der Waals surface area contributed by atoms with Crippen molar-refractivity contribution in [1.29, 1.82) is 0 Å². The first-order valence-corrected chi connectivity index (χ1v) is 12.1. The number of thioether (sulfide) groups is 1. The number of para-hydroxylation sites is 2. The molecule has 6 nitrogen and oxygen atoms in total. The summed E-state index contributed by atoms with van der Waals surface area (Å²) in [6.07, 6.45) is 5.37. The highest BCUT2D eigenvalue weighted by Crippen LogP contribution is 2.31. The molecule has 7 heteroatoms. The fourth-order valence-corrected chi connectivity index (χ4v) is 4.48. The number of rotatable bonds is 7. The minimum absolute atomic E-state index is 0.0121. The molecule has 1 N–H and O–H groups in total. The number of pyridine rings is 2. The number of nitrogens with zero attached hydrogens (tertiary/aromatic N) is 2. The normalized spacial score (nSPS) is 15.0. The number of ether oxygens (including phenoxy) is 2. The van der Waals surface area contributed by atoms with Crippen LogP contribution < -0.4 is 20.3 Å². The Balaban J connectivity index is 1.44. The molecule has 1 aliphatic rings. The lowest BCUT2D eigenvalue weighted by molar-refractivity contribution is 0.0787. The topological polar surface area (TPSA) is 65.4 Å². The summed E-state index contributed by atoms with van der Waals surface area (Å²) in [7, 11) is 0. The molecule has 2 aromatic heterocycles. The molecule has 0 fully saturated rings. The van der Waals surface area contributed by atoms with Gasteiger partial charge in [0.25, 0.3) is 5.56 Å². The van der Waals surface area contributed by atoms with Crippen LogP contribution in [0.4, 0.5) is 0 Å². The largest absolute Gasteiger partial charge is 0.486 e. The van der Waals surface area contributed by atoms with Gasteiger partial charge in [-0.05, 0) is 53.6 Å². The quantitative estimate of drug-likeness (QED) is 0.417. The molecule has 2 aromatic carbocycles. The smallest absolute Gasteiger partial charge is 0.255 e. The average Bonchev–Trinajstić information content (AvgIpc) is 2.86. The molecule has 1 aliphatic heterocycles. The van der Waals surface area contributed by atoms with Crippen molar-refractivity contribution in [3.63, 3.8) is 0 Å². The van der Waals surface area contributed by atoms with Crippen molar-refractivity contribution < 1.29 is 9.47 Å². The zero-order chi connectivity index (χ0) is 22.6. The van der Waals surface area contributed by atoms with Gasteiger partial charge in [-0.15, -0.1) is 11.8 Å². The van der Waals surface area contributed by atoms with Crippen LogP contribution in [0, 0.1) is 0 Å². The van der Waals surface area contributed by atoms with E-state index in [-0.39, 0.29) is 11.7 Å². The van der Waals surface area contributed by atoms with E-state index in [1.54, 1.807) is 18.0 Å². The Bertz CT molecular complexity index is 1320. The SMILES string of the molecule is CSc1ccc2cc(CNCc3cccnc3)c(=O)n(CC3COc4ccccc4O3)c2c1. The molecule has 33 heavy (non-hydrogen) atoms. The fraction of sp³-hybridized carbons (Fsp3) is 0.231. The summed E-state index contributed by atoms with van der Waals surface area (Å²) in [6.45, 7) is 1.93. The van der Waals surface area contributed by atoms with Crippen LogP contribution in [-0.4, -0.2) is 28.5 Å². The molecule has 0 radical (unpaired) electrons. The van der Waals surface area contributed by atoms with E-state index < -0.39 is 0 Å². The van der Waals surface area contributed by atoms with Crippen molar-refractivity contribution in [2.45, 2.75) is 30.6 Å². The van der Waals surface area contributed by atoms with Gasteiger partial charge in [0.2, 0.25) is 0 Å². The first-order chi connectivity index (χ1) is 16.2. The second-order valence-electron chi connectivity index (χ2n) is 7.97. The molecular weight excluding hydrogens is 434 g/mol. The molecule has 168 valence electrons. The van der Waals surface area contributed by atoms with Crippen molar-refractivity contribution in [1.82, 2.24) is 14.9 Å². The van der Waals surface area contributed by atoms with E-state index in [1.807, 2.05) is 59.5 Å². The van der Waals surface area contributed by atoms with Crippen molar-refractivity contribution in [3.8, 4) is 11.5 Å². The standard InChI is InChI=1S/C26H25N3O3S/c1-33-22-9-8-19-11-20(15-28-14-18-5-4-10-27-13-18)26(30)29(23(19)12-22)16-21-17-31-24-6-2-3-7-25(24)32-21/h2-13,21,28H,14-17H2,1H3. The summed E-state index contributed by atoms with van der Waals surface area (Å²) in [5.41, 5.74) is 2.70. The number of hydrogen-bond donors (Lipinski definition) is 1. The highest BCUT2D eigenvalue weighted by molar-refractivity contribution is 7.98. The van der Waals surface area contributed by atoms with E-state index in [4.69, 9.17) is 9.47 Å². The second kappa shape index (κ2) is 9.68. The first kappa shape index (κ1) is 21.6. The number of fused-ring (bicyclic) bond motifs is 2. The van der Waals surface area contributed by atoms with Crippen molar-refractivity contribution >= 4 is 22.7 Å². The highest BCUT2D eigenvalue weighted by Gasteiger charge is 2.23. The van der Waals surface area contributed by atoms with Gasteiger partial charge in [0.1, 0.15) is 6.61 Å². The Morgan fingerprint density at radius 3 is 2.79 bits per heavy atom. The Morgan fingerprint density at radius 2 is 1.97 bits per heavy atom. The lowest BCUT2D eigenvalue weighted by Gasteiger charge is -2.27. The molecule has 4 aromatic rings. The van der Waals surface area contributed by atoms with Crippen LogP contribution in [-0.2, 0) is 19.6 Å². The van der Waals surface area contributed by atoms with E-state index in [1.165, 1.54) is 0 Å². The van der Waals surface area contributed by atoms with Crippen LogP contribution in [0.25, 0.3) is 10.9 Å². The van der Waals surface area contributed by atoms with Gasteiger partial charge in [-0.3, -0.25) is 9.78 Å². The van der Waals surface area contributed by atoms with Crippen molar-refractivity contribution in [2.75, 3.05) is 12.9 Å². The van der Waals surface area contributed by atoms with Gasteiger partial charge < -0.3 is 19.4 Å². The fourth-order valence-electron chi connectivity index (χ4n) is 4.05. The molecule has 0 saturated carbocycles. The van der Waals surface area contributed by atoms with Crippen LogP contribution in [0.3, 0.4) is 0 Å². The maximum Gasteiger partial charge on any atom is 0.255 e. The third kappa shape index (κ3) is 4.74. The summed E-state index contributed by atoms with van der Waals surface area (Å²) in [5.74, 6) is 1.45. The van der Waals surface area contributed by atoms with Gasteiger partial charge >= 0.3 is 0 Å². The van der Waals surface area contributed by atoms with Crippen molar-refractivity contribution in [3.05, 3.63) is 94.5 Å². The zero-order valence-corrected chi connectivity index (χ0v) is 19.2. The summed E-state index contributed by atoms with van der Waals surface area (Å²) >= 11 is 1.66. The van der Waals surface area contributed by atoms with Crippen LogP contribution in [0.2, 0.25) is 0 Å². The third-order valence-electron chi connectivity index (χ3n) is 5.70. The average molecular weight is 460 g/mol. The molecule has 1 unspecified atom stereocenters. The van der Waals surface area contributed by atoms with E-state index in [2.05, 4.69) is 28.5 Å². The number of benzene rings is 2. The van der Waals surface area contributed by atoms with Gasteiger partial charge in [-0.2, -0.15) is 0 Å². The van der Waals surface area contributed by atoms with E-state index in [0.29, 0.717) is 32.0 Å². The van der Waals surface area contributed by atoms with Gasteiger partial charge in [-0.1, -0.05) is 24.3 Å².